The standard InChI is InChI=1S/C20H20Cl2O8/c1-29-18(26)10-4-2-9(3-5-10)15-13(21)6-11(7-14(15)22)30-19(27)20(28)12(8-23)16(24)17(20)25/h2-7,12,16-17,19,23-25,27-28H,8H2,1H3/t12?,16-,17?,19-,20?/m1/s1. The van der Waals surface area contributed by atoms with E-state index < -0.39 is 42.6 Å². The molecule has 0 heterocycles. The van der Waals surface area contributed by atoms with Crippen LogP contribution in [0, 0.1) is 5.92 Å². The molecule has 30 heavy (non-hydrogen) atoms. The first kappa shape index (κ1) is 22.8. The summed E-state index contributed by atoms with van der Waals surface area (Å²) < 4.78 is 9.94. The summed E-state index contributed by atoms with van der Waals surface area (Å²) in [4.78, 5) is 11.6. The lowest BCUT2D eigenvalue weighted by molar-refractivity contribution is -0.332. The second kappa shape index (κ2) is 8.68. The fourth-order valence-corrected chi connectivity index (χ4v) is 4.14. The molecule has 3 rings (SSSR count). The van der Waals surface area contributed by atoms with E-state index in [1.54, 1.807) is 24.3 Å². The lowest BCUT2D eigenvalue weighted by Gasteiger charge is -2.53. The van der Waals surface area contributed by atoms with Gasteiger partial charge < -0.3 is 35.0 Å². The molecule has 0 aromatic heterocycles. The van der Waals surface area contributed by atoms with Gasteiger partial charge in [-0.2, -0.15) is 0 Å². The Bertz CT molecular complexity index is 912. The summed E-state index contributed by atoms with van der Waals surface area (Å²) in [5.74, 6) is -1.69. The highest BCUT2D eigenvalue weighted by Crippen LogP contribution is 2.43. The molecule has 10 heteroatoms. The molecule has 5 atom stereocenters. The molecule has 0 aliphatic heterocycles. The van der Waals surface area contributed by atoms with Crippen LogP contribution in [0.2, 0.25) is 10.0 Å². The van der Waals surface area contributed by atoms with Gasteiger partial charge in [0.2, 0.25) is 6.29 Å². The van der Waals surface area contributed by atoms with Crippen LogP contribution in [-0.4, -0.2) is 69.3 Å². The Kier molecular flexibility index (Phi) is 6.59. The Balaban J connectivity index is 1.84. The molecule has 1 aliphatic carbocycles. The Labute approximate surface area is 181 Å². The first-order valence-corrected chi connectivity index (χ1v) is 9.62. The third kappa shape index (κ3) is 3.76. The van der Waals surface area contributed by atoms with Crippen molar-refractivity contribution in [1.82, 2.24) is 0 Å². The molecule has 162 valence electrons. The molecular weight excluding hydrogens is 439 g/mol. The molecule has 8 nitrogen and oxygen atoms in total. The highest BCUT2D eigenvalue weighted by atomic mass is 35.5. The van der Waals surface area contributed by atoms with Crippen molar-refractivity contribution in [2.45, 2.75) is 24.1 Å². The molecule has 2 aromatic carbocycles. The average molecular weight is 459 g/mol. The fraction of sp³-hybridized carbons (Fsp3) is 0.350. The number of carbonyl (C=O) groups is 1. The van der Waals surface area contributed by atoms with Gasteiger partial charge >= 0.3 is 5.97 Å². The number of rotatable bonds is 6. The molecule has 3 unspecified atom stereocenters. The number of aliphatic hydroxyl groups excluding tert-OH is 4. The van der Waals surface area contributed by atoms with Gasteiger partial charge in [0.05, 0.1) is 35.4 Å². The van der Waals surface area contributed by atoms with Crippen LogP contribution in [-0.2, 0) is 4.74 Å². The number of halogens is 2. The van der Waals surface area contributed by atoms with E-state index in [0.29, 0.717) is 16.7 Å². The lowest BCUT2D eigenvalue weighted by atomic mass is 9.64. The summed E-state index contributed by atoms with van der Waals surface area (Å²) in [5, 5.41) is 49.8. The molecule has 1 aliphatic rings. The molecule has 0 amide bonds. The first-order valence-electron chi connectivity index (χ1n) is 8.87. The largest absolute Gasteiger partial charge is 0.465 e. The second-order valence-corrected chi connectivity index (χ2v) is 7.73. The normalized spacial score (nSPS) is 26.6. The van der Waals surface area contributed by atoms with E-state index in [2.05, 4.69) is 4.74 Å². The topological polar surface area (TPSA) is 137 Å². The number of ether oxygens (including phenoxy) is 2. The van der Waals surface area contributed by atoms with Gasteiger partial charge in [0.25, 0.3) is 0 Å². The summed E-state index contributed by atoms with van der Waals surface area (Å²) in [7, 11) is 1.28. The van der Waals surface area contributed by atoms with Gasteiger partial charge in [-0.05, 0) is 29.8 Å². The van der Waals surface area contributed by atoms with E-state index >= 15 is 0 Å². The van der Waals surface area contributed by atoms with Crippen molar-refractivity contribution in [3.63, 3.8) is 0 Å². The van der Waals surface area contributed by atoms with Crippen molar-refractivity contribution < 1.29 is 39.8 Å². The second-order valence-electron chi connectivity index (χ2n) is 6.91. The fourth-order valence-electron chi connectivity index (χ4n) is 3.46. The number of methoxy groups -OCH3 is 1. The van der Waals surface area contributed by atoms with Gasteiger partial charge in [-0.3, -0.25) is 0 Å². The van der Waals surface area contributed by atoms with Crippen LogP contribution in [0.4, 0.5) is 0 Å². The molecule has 2 aromatic rings. The van der Waals surface area contributed by atoms with Gasteiger partial charge in [0.15, 0.2) is 5.60 Å². The van der Waals surface area contributed by atoms with Gasteiger partial charge in [0, 0.05) is 11.5 Å². The third-order valence-electron chi connectivity index (χ3n) is 5.25. The summed E-state index contributed by atoms with van der Waals surface area (Å²) in [6.07, 6.45) is -5.07. The molecule has 5 N–H and O–H groups in total. The number of esters is 1. The van der Waals surface area contributed by atoms with Crippen LogP contribution < -0.4 is 4.74 Å². The number of carbonyl (C=O) groups excluding carboxylic acids is 1. The highest BCUT2D eigenvalue weighted by molar-refractivity contribution is 6.39. The van der Waals surface area contributed by atoms with Crippen molar-refractivity contribution in [3.05, 3.63) is 52.0 Å². The van der Waals surface area contributed by atoms with E-state index in [1.807, 2.05) is 0 Å². The Morgan fingerprint density at radius 3 is 2.23 bits per heavy atom. The zero-order chi connectivity index (χ0) is 22.2. The number of hydrogen-bond donors (Lipinski definition) is 5. The molecule has 0 spiro atoms. The van der Waals surface area contributed by atoms with Crippen LogP contribution in [0.1, 0.15) is 10.4 Å². The van der Waals surface area contributed by atoms with E-state index in [4.69, 9.17) is 27.9 Å². The summed E-state index contributed by atoms with van der Waals surface area (Å²) in [5.41, 5.74) is -0.858. The average Bonchev–Trinajstić information content (AvgIpc) is 2.72. The van der Waals surface area contributed by atoms with E-state index in [9.17, 15) is 30.3 Å². The van der Waals surface area contributed by atoms with Crippen LogP contribution in [0.15, 0.2) is 36.4 Å². The maximum absolute atomic E-state index is 11.6. The maximum atomic E-state index is 11.6. The zero-order valence-electron chi connectivity index (χ0n) is 15.7. The summed E-state index contributed by atoms with van der Waals surface area (Å²) in [6.45, 7) is -0.669. The molecular formula is C20H20Cl2O8. The number of hydrogen-bond acceptors (Lipinski definition) is 8. The van der Waals surface area contributed by atoms with Crippen LogP contribution in [0.3, 0.4) is 0 Å². The monoisotopic (exact) mass is 458 g/mol. The quantitative estimate of drug-likeness (QED) is 0.321. The lowest BCUT2D eigenvalue weighted by Crippen LogP contribution is -2.76. The SMILES string of the molecule is COC(=O)c1ccc(-c2c(Cl)cc(O[C@@H](O)C3(O)C(O)[C@H](O)C3CO)cc2Cl)cc1. The van der Waals surface area contributed by atoms with Crippen molar-refractivity contribution in [2.75, 3.05) is 13.7 Å². The van der Waals surface area contributed by atoms with Crippen LogP contribution in [0.25, 0.3) is 11.1 Å². The smallest absolute Gasteiger partial charge is 0.337 e. The van der Waals surface area contributed by atoms with Crippen molar-refractivity contribution >= 4 is 29.2 Å². The predicted octanol–water partition coefficient (Wildman–Crippen LogP) is 1.22. The molecule has 0 saturated heterocycles. The van der Waals surface area contributed by atoms with Crippen molar-refractivity contribution in [1.29, 1.82) is 0 Å². The number of aliphatic hydroxyl groups is 5. The Hall–Kier alpha value is -1.91. The highest BCUT2D eigenvalue weighted by Gasteiger charge is 2.65. The molecule has 1 fully saturated rings. The van der Waals surface area contributed by atoms with Crippen molar-refractivity contribution in [3.8, 4) is 16.9 Å². The predicted molar refractivity (Wildman–Crippen MR) is 107 cm³/mol. The third-order valence-corrected chi connectivity index (χ3v) is 5.85. The van der Waals surface area contributed by atoms with Gasteiger partial charge in [-0.1, -0.05) is 35.3 Å². The summed E-state index contributed by atoms with van der Waals surface area (Å²) >= 11 is 12.6. The summed E-state index contributed by atoms with van der Waals surface area (Å²) in [6, 6.07) is 9.06. The van der Waals surface area contributed by atoms with Crippen LogP contribution in [0.5, 0.6) is 5.75 Å². The van der Waals surface area contributed by atoms with Gasteiger partial charge in [0.1, 0.15) is 11.9 Å². The Morgan fingerprint density at radius 2 is 1.73 bits per heavy atom. The van der Waals surface area contributed by atoms with Gasteiger partial charge in [-0.25, -0.2) is 4.79 Å². The molecule has 0 bridgehead atoms. The minimum absolute atomic E-state index is 0.00821. The minimum Gasteiger partial charge on any atom is -0.465 e. The maximum Gasteiger partial charge on any atom is 0.337 e. The van der Waals surface area contributed by atoms with E-state index in [-0.39, 0.29) is 15.8 Å². The first-order chi connectivity index (χ1) is 14.1. The molecule has 1 saturated carbocycles. The van der Waals surface area contributed by atoms with Crippen LogP contribution >= 0.6 is 23.2 Å². The van der Waals surface area contributed by atoms with Gasteiger partial charge in [-0.15, -0.1) is 0 Å². The van der Waals surface area contributed by atoms with Crippen molar-refractivity contribution in [2.24, 2.45) is 5.92 Å². The molecule has 0 radical (unpaired) electrons. The number of benzene rings is 2. The van der Waals surface area contributed by atoms with E-state index in [0.717, 1.165) is 0 Å². The van der Waals surface area contributed by atoms with E-state index in [1.165, 1.54) is 19.2 Å². The Morgan fingerprint density at radius 1 is 1.17 bits per heavy atom. The minimum atomic E-state index is -2.27. The zero-order valence-corrected chi connectivity index (χ0v) is 17.2.